The van der Waals surface area contributed by atoms with Crippen LogP contribution < -0.4 is 5.73 Å². The maximum atomic E-state index is 6.37. The molecular weight excluding hydrogens is 321 g/mol. The number of benzene rings is 1. The van der Waals surface area contributed by atoms with E-state index in [0.717, 1.165) is 33.7 Å². The number of hydrogen-bond acceptors (Lipinski definition) is 2. The fourth-order valence-corrected chi connectivity index (χ4v) is 4.85. The summed E-state index contributed by atoms with van der Waals surface area (Å²) in [6, 6.07) is 5.90. The molecule has 4 heteroatoms. The van der Waals surface area contributed by atoms with Crippen molar-refractivity contribution in [1.29, 1.82) is 0 Å². The van der Waals surface area contributed by atoms with Gasteiger partial charge in [0.2, 0.25) is 0 Å². The van der Waals surface area contributed by atoms with Gasteiger partial charge in [-0.2, -0.15) is 0 Å². The van der Waals surface area contributed by atoms with Crippen molar-refractivity contribution in [3.05, 3.63) is 28.2 Å². The predicted octanol–water partition coefficient (Wildman–Crippen LogP) is 6.02. The molecule has 1 aromatic rings. The van der Waals surface area contributed by atoms with Crippen LogP contribution in [0.1, 0.15) is 46.5 Å². The Kier molecular flexibility index (Phi) is 5.92. The fourth-order valence-electron chi connectivity index (χ4n) is 3.02. The van der Waals surface area contributed by atoms with Gasteiger partial charge in [0, 0.05) is 21.2 Å². The molecule has 118 valence electrons. The van der Waals surface area contributed by atoms with Crippen molar-refractivity contribution in [2.45, 2.75) is 62.6 Å². The Morgan fingerprint density at radius 3 is 2.67 bits per heavy atom. The Morgan fingerprint density at radius 1 is 1.29 bits per heavy atom. The van der Waals surface area contributed by atoms with Crippen LogP contribution in [0, 0.1) is 11.3 Å². The highest BCUT2D eigenvalue weighted by Gasteiger charge is 2.36. The van der Waals surface area contributed by atoms with Gasteiger partial charge in [0.1, 0.15) is 0 Å². The van der Waals surface area contributed by atoms with Gasteiger partial charge in [-0.25, -0.2) is 0 Å². The second-order valence-corrected chi connectivity index (χ2v) is 8.87. The van der Waals surface area contributed by atoms with E-state index in [1.807, 2.05) is 18.2 Å². The molecule has 0 aliphatic heterocycles. The monoisotopic (exact) mass is 345 g/mol. The molecule has 0 spiro atoms. The Morgan fingerprint density at radius 2 is 2.00 bits per heavy atom. The highest BCUT2D eigenvalue weighted by atomic mass is 35.5. The third kappa shape index (κ3) is 4.31. The fraction of sp³-hybridized carbons (Fsp3) is 0.647. The molecule has 1 aromatic carbocycles. The molecular formula is C17H25Cl2NS. The predicted molar refractivity (Wildman–Crippen MR) is 95.5 cm³/mol. The van der Waals surface area contributed by atoms with Gasteiger partial charge < -0.3 is 5.73 Å². The van der Waals surface area contributed by atoms with Crippen molar-refractivity contribution in [3.8, 4) is 0 Å². The highest BCUT2D eigenvalue weighted by Crippen LogP contribution is 2.45. The topological polar surface area (TPSA) is 26.0 Å². The molecule has 1 fully saturated rings. The largest absolute Gasteiger partial charge is 0.327 e. The zero-order chi connectivity index (χ0) is 15.6. The lowest BCUT2D eigenvalue weighted by Crippen LogP contribution is -2.42. The average molecular weight is 346 g/mol. The van der Waals surface area contributed by atoms with E-state index in [1.165, 1.54) is 12.8 Å². The summed E-state index contributed by atoms with van der Waals surface area (Å²) in [6.45, 7) is 7.04. The molecule has 21 heavy (non-hydrogen) atoms. The summed E-state index contributed by atoms with van der Waals surface area (Å²) in [7, 11) is 0. The summed E-state index contributed by atoms with van der Waals surface area (Å²) < 4.78 is 0. The Labute approximate surface area is 143 Å². The first-order chi connectivity index (χ1) is 9.83. The third-order valence-electron chi connectivity index (χ3n) is 5.03. The van der Waals surface area contributed by atoms with E-state index in [-0.39, 0.29) is 6.04 Å². The standard InChI is InChI=1S/C17H25Cl2NS/c1-4-17(2,3)11-5-8-14(20)16(9-11)21-15-10-12(18)6-7-13(15)19/h6-7,10-11,14,16H,4-5,8-9,20H2,1-3H3. The minimum absolute atomic E-state index is 0.244. The number of thioether (sulfide) groups is 1. The van der Waals surface area contributed by atoms with Crippen LogP contribution in [-0.4, -0.2) is 11.3 Å². The normalized spacial score (nSPS) is 26.9. The second-order valence-electron chi connectivity index (χ2n) is 6.75. The molecule has 2 N–H and O–H groups in total. The number of nitrogens with two attached hydrogens (primary N) is 1. The van der Waals surface area contributed by atoms with Gasteiger partial charge >= 0.3 is 0 Å². The maximum absolute atomic E-state index is 6.37. The minimum Gasteiger partial charge on any atom is -0.327 e. The zero-order valence-corrected chi connectivity index (χ0v) is 15.4. The lowest BCUT2D eigenvalue weighted by Gasteiger charge is -2.42. The molecule has 3 atom stereocenters. The van der Waals surface area contributed by atoms with E-state index >= 15 is 0 Å². The summed E-state index contributed by atoms with van der Waals surface area (Å²) in [5.74, 6) is 0.734. The van der Waals surface area contributed by atoms with Gasteiger partial charge in [0.05, 0.1) is 5.02 Å². The average Bonchev–Trinajstić information content (AvgIpc) is 2.45. The van der Waals surface area contributed by atoms with Crippen molar-refractivity contribution >= 4 is 35.0 Å². The summed E-state index contributed by atoms with van der Waals surface area (Å²) in [5, 5.41) is 1.93. The number of halogens is 2. The molecule has 1 saturated carbocycles. The van der Waals surface area contributed by atoms with E-state index < -0.39 is 0 Å². The van der Waals surface area contributed by atoms with Gasteiger partial charge in [-0.3, -0.25) is 0 Å². The summed E-state index contributed by atoms with van der Waals surface area (Å²) in [5.41, 5.74) is 6.75. The summed E-state index contributed by atoms with van der Waals surface area (Å²) in [4.78, 5) is 1.06. The summed E-state index contributed by atoms with van der Waals surface area (Å²) >= 11 is 14.2. The van der Waals surface area contributed by atoms with Crippen LogP contribution in [0.25, 0.3) is 0 Å². The minimum atomic E-state index is 0.244. The number of rotatable bonds is 4. The van der Waals surface area contributed by atoms with Crippen molar-refractivity contribution in [3.63, 3.8) is 0 Å². The molecule has 0 bridgehead atoms. The SMILES string of the molecule is CCC(C)(C)C1CCC(N)C(Sc2cc(Cl)ccc2Cl)C1. The first kappa shape index (κ1) is 17.5. The first-order valence-electron chi connectivity index (χ1n) is 7.70. The Bertz CT molecular complexity index is 490. The van der Waals surface area contributed by atoms with Crippen molar-refractivity contribution in [2.24, 2.45) is 17.1 Å². The zero-order valence-electron chi connectivity index (χ0n) is 13.0. The van der Waals surface area contributed by atoms with Crippen LogP contribution in [0.4, 0.5) is 0 Å². The lowest BCUT2D eigenvalue weighted by molar-refractivity contribution is 0.148. The molecule has 1 aliphatic carbocycles. The van der Waals surface area contributed by atoms with Crippen LogP contribution >= 0.6 is 35.0 Å². The first-order valence-corrected chi connectivity index (χ1v) is 9.34. The molecule has 1 aliphatic rings. The van der Waals surface area contributed by atoms with E-state index in [1.54, 1.807) is 11.8 Å². The lowest BCUT2D eigenvalue weighted by atomic mass is 9.69. The van der Waals surface area contributed by atoms with E-state index in [4.69, 9.17) is 28.9 Å². The van der Waals surface area contributed by atoms with E-state index in [0.29, 0.717) is 10.7 Å². The molecule has 3 unspecified atom stereocenters. The smallest absolute Gasteiger partial charge is 0.0543 e. The van der Waals surface area contributed by atoms with Crippen LogP contribution in [0.5, 0.6) is 0 Å². The van der Waals surface area contributed by atoms with Crippen molar-refractivity contribution < 1.29 is 0 Å². The second kappa shape index (κ2) is 7.12. The third-order valence-corrected chi connectivity index (χ3v) is 7.14. The van der Waals surface area contributed by atoms with E-state index in [9.17, 15) is 0 Å². The van der Waals surface area contributed by atoms with Gasteiger partial charge in [0.15, 0.2) is 0 Å². The molecule has 1 nitrogen and oxygen atoms in total. The van der Waals surface area contributed by atoms with Gasteiger partial charge in [-0.15, -0.1) is 11.8 Å². The summed E-state index contributed by atoms with van der Waals surface area (Å²) in [6.07, 6.45) is 4.71. The van der Waals surface area contributed by atoms with Crippen LogP contribution in [0.15, 0.2) is 23.1 Å². The van der Waals surface area contributed by atoms with Crippen LogP contribution in [0.3, 0.4) is 0 Å². The van der Waals surface area contributed by atoms with E-state index in [2.05, 4.69) is 20.8 Å². The molecule has 2 rings (SSSR count). The van der Waals surface area contributed by atoms with Gasteiger partial charge in [-0.1, -0.05) is 50.4 Å². The Hall–Kier alpha value is 0.110. The molecule has 0 heterocycles. The van der Waals surface area contributed by atoms with Gasteiger partial charge in [0.25, 0.3) is 0 Å². The highest BCUT2D eigenvalue weighted by molar-refractivity contribution is 8.00. The maximum Gasteiger partial charge on any atom is 0.0543 e. The molecule has 0 saturated heterocycles. The van der Waals surface area contributed by atoms with Crippen molar-refractivity contribution in [1.82, 2.24) is 0 Å². The van der Waals surface area contributed by atoms with Crippen LogP contribution in [0.2, 0.25) is 10.0 Å². The van der Waals surface area contributed by atoms with Crippen molar-refractivity contribution in [2.75, 3.05) is 0 Å². The molecule has 0 aromatic heterocycles. The molecule has 0 amide bonds. The Balaban J connectivity index is 2.12. The number of hydrogen-bond donors (Lipinski definition) is 1. The molecule has 0 radical (unpaired) electrons. The van der Waals surface area contributed by atoms with Gasteiger partial charge in [-0.05, 0) is 48.8 Å². The van der Waals surface area contributed by atoms with Crippen LogP contribution in [-0.2, 0) is 0 Å². The quantitative estimate of drug-likeness (QED) is 0.722.